The Balaban J connectivity index is 1.49. The van der Waals surface area contributed by atoms with Gasteiger partial charge in [0.1, 0.15) is 0 Å². The van der Waals surface area contributed by atoms with Crippen molar-refractivity contribution in [2.75, 3.05) is 0 Å². The van der Waals surface area contributed by atoms with Crippen molar-refractivity contribution in [2.24, 2.45) is 0 Å². The van der Waals surface area contributed by atoms with E-state index in [4.69, 9.17) is 0 Å². The zero-order valence-corrected chi connectivity index (χ0v) is 43.6. The van der Waals surface area contributed by atoms with Crippen LogP contribution in [-0.4, -0.2) is 35.2 Å². The van der Waals surface area contributed by atoms with Crippen LogP contribution in [0.15, 0.2) is 206 Å². The van der Waals surface area contributed by atoms with Crippen LogP contribution in [0.2, 0.25) is 0 Å². The molecule has 0 nitrogen and oxygen atoms in total. The number of benzene rings is 9. The molecule has 0 spiro atoms. The molecule has 0 saturated carbocycles. The van der Waals surface area contributed by atoms with Crippen molar-refractivity contribution in [1.29, 1.82) is 0 Å². The van der Waals surface area contributed by atoms with Gasteiger partial charge in [-0.25, -0.2) is 0 Å². The van der Waals surface area contributed by atoms with Gasteiger partial charge < -0.3 is 0 Å². The fraction of sp³-hybridized carbons (Fsp3) is 0.129. The highest BCUT2D eigenvalue weighted by Crippen LogP contribution is 2.08. The topological polar surface area (TPSA) is 0 Å². The first-order chi connectivity index (χ1) is 32.0. The SMILES string of the molecule is Cc1ccc([Si](c2ccc(C)cc2)c2cc([Si](c3ccc(C)cc3)c3ccc(C)cc3)c([Si](c3ccc(C)cc3)c3ccc(C)cc3)cc2[Si](c2ccc(C)cc2)c2ccc(C)cc2)cc1. The second-order valence-corrected chi connectivity index (χ2v) is 28.1. The standard InChI is InChI=1S/C62H58Si4/c1-43-9-25-51(26-10-43)63(52-27-11-44(2)12-28-52)59-41-61(65(55-33-17-47(5)18-34-55)56-35-19-48(6)20-36-56)62(66(57-37-21-49(7)22-38-57)58-39-23-50(8)24-40-58)42-60(59)64(53-29-13-45(3)14-30-53)54-31-15-46(4)16-32-54/h9-42H,1-8H3. The van der Waals surface area contributed by atoms with E-state index >= 15 is 0 Å². The molecule has 0 aliphatic rings. The maximum atomic E-state index is 2.80. The van der Waals surface area contributed by atoms with Gasteiger partial charge >= 0.3 is 0 Å². The zero-order chi connectivity index (χ0) is 45.9. The number of hydrogen-bond acceptors (Lipinski definition) is 0. The highest BCUT2D eigenvalue weighted by molar-refractivity contribution is 7.07. The maximum absolute atomic E-state index is 2.80. The summed E-state index contributed by atoms with van der Waals surface area (Å²) >= 11 is 0. The fourth-order valence-corrected chi connectivity index (χ4v) is 21.2. The van der Waals surface area contributed by atoms with Gasteiger partial charge in [-0.3, -0.25) is 0 Å². The minimum absolute atomic E-state index is 1.29. The van der Waals surface area contributed by atoms with E-state index in [1.807, 2.05) is 0 Å². The molecular formula is C62H58Si4. The minimum Gasteiger partial charge on any atom is -0.0628 e. The van der Waals surface area contributed by atoms with E-state index in [0.29, 0.717) is 0 Å². The van der Waals surface area contributed by atoms with Crippen molar-refractivity contribution in [3.05, 3.63) is 251 Å². The molecule has 0 aliphatic carbocycles. The summed E-state index contributed by atoms with van der Waals surface area (Å²) in [5.41, 5.74) is 10.3. The van der Waals surface area contributed by atoms with E-state index in [0.717, 1.165) is 0 Å². The van der Waals surface area contributed by atoms with Gasteiger partial charge in [0.2, 0.25) is 0 Å². The Morgan fingerprint density at radius 2 is 0.273 bits per heavy atom. The van der Waals surface area contributed by atoms with Gasteiger partial charge in [0.05, 0.1) is 0 Å². The predicted octanol–water partition coefficient (Wildman–Crippen LogP) is 6.22. The largest absolute Gasteiger partial charge is 0.154 e. The van der Waals surface area contributed by atoms with Crippen molar-refractivity contribution in [2.45, 2.75) is 55.4 Å². The van der Waals surface area contributed by atoms with E-state index < -0.39 is 35.2 Å². The predicted molar refractivity (Wildman–Crippen MR) is 294 cm³/mol. The van der Waals surface area contributed by atoms with Gasteiger partial charge in [0.15, 0.2) is 35.2 Å². The van der Waals surface area contributed by atoms with Crippen LogP contribution in [0, 0.1) is 55.4 Å². The number of aryl methyl sites for hydroxylation is 8. The van der Waals surface area contributed by atoms with Crippen LogP contribution in [0.1, 0.15) is 44.5 Å². The average Bonchev–Trinajstić information content (AvgIpc) is 3.32. The van der Waals surface area contributed by atoms with E-state index in [2.05, 4.69) is 262 Å². The Hall–Kier alpha value is -6.15. The molecule has 0 aromatic heterocycles. The van der Waals surface area contributed by atoms with Gasteiger partial charge in [-0.05, 0) is 55.4 Å². The molecule has 0 saturated heterocycles. The Bertz CT molecular complexity index is 2440. The lowest BCUT2D eigenvalue weighted by molar-refractivity contribution is 1.48. The van der Waals surface area contributed by atoms with Gasteiger partial charge in [-0.15, -0.1) is 0 Å². The first-order valence-electron chi connectivity index (χ1n) is 23.2. The molecule has 9 aromatic carbocycles. The smallest absolute Gasteiger partial charge is 0.0628 e. The lowest BCUT2D eigenvalue weighted by Crippen LogP contribution is -2.71. The van der Waals surface area contributed by atoms with Crippen LogP contribution in [0.25, 0.3) is 0 Å². The van der Waals surface area contributed by atoms with Crippen molar-refractivity contribution in [3.8, 4) is 0 Å². The molecule has 0 atom stereocenters. The lowest BCUT2D eigenvalue weighted by atomic mass is 10.2. The summed E-state index contributed by atoms with van der Waals surface area (Å²) in [7, 11) is -6.30. The molecule has 0 fully saturated rings. The van der Waals surface area contributed by atoms with E-state index in [-0.39, 0.29) is 0 Å². The summed E-state index contributed by atoms with van der Waals surface area (Å²) < 4.78 is 0. The molecule has 322 valence electrons. The highest BCUT2D eigenvalue weighted by atomic mass is 28.3. The summed E-state index contributed by atoms with van der Waals surface area (Å²) in [4.78, 5) is 0. The highest BCUT2D eigenvalue weighted by Gasteiger charge is 2.36. The lowest BCUT2D eigenvalue weighted by Gasteiger charge is -2.32. The molecule has 4 heteroatoms. The van der Waals surface area contributed by atoms with Crippen LogP contribution < -0.4 is 62.2 Å². The van der Waals surface area contributed by atoms with Gasteiger partial charge in [0, 0.05) is 0 Å². The average molecular weight is 915 g/mol. The molecule has 0 heterocycles. The molecule has 0 aliphatic heterocycles. The second kappa shape index (κ2) is 19.8. The van der Waals surface area contributed by atoms with Gasteiger partial charge in [-0.2, -0.15) is 0 Å². The second-order valence-electron chi connectivity index (χ2n) is 18.4. The van der Waals surface area contributed by atoms with Gasteiger partial charge in [0.25, 0.3) is 0 Å². The third kappa shape index (κ3) is 9.84. The molecule has 0 N–H and O–H groups in total. The maximum Gasteiger partial charge on any atom is 0.154 e. The third-order valence-corrected chi connectivity index (χ3v) is 24.6. The first kappa shape index (κ1) is 45.0. The van der Waals surface area contributed by atoms with Crippen molar-refractivity contribution < 1.29 is 0 Å². The third-order valence-electron chi connectivity index (χ3n) is 13.0. The monoisotopic (exact) mass is 914 g/mol. The van der Waals surface area contributed by atoms with Crippen LogP contribution in [0.5, 0.6) is 0 Å². The Kier molecular flexibility index (Phi) is 13.5. The molecule has 9 rings (SSSR count). The summed E-state index contributed by atoms with van der Waals surface area (Å²) in [6, 6.07) is 81.9. The van der Waals surface area contributed by atoms with Gasteiger partial charge in [-0.1, -0.05) is 313 Å². The summed E-state index contributed by atoms with van der Waals surface area (Å²) in [5.74, 6) is 0. The molecule has 4 radical (unpaired) electrons. The quantitative estimate of drug-likeness (QED) is 0.101. The molecule has 0 amide bonds. The Morgan fingerprint density at radius 3 is 0.379 bits per heavy atom. The Labute approximate surface area is 401 Å². The van der Waals surface area contributed by atoms with Crippen LogP contribution in [0.4, 0.5) is 0 Å². The molecule has 66 heavy (non-hydrogen) atoms. The summed E-state index contributed by atoms with van der Waals surface area (Å²) in [6.07, 6.45) is 0. The minimum atomic E-state index is -1.57. The van der Waals surface area contributed by atoms with Crippen molar-refractivity contribution >= 4 is 97.4 Å². The summed E-state index contributed by atoms with van der Waals surface area (Å²) in [6.45, 7) is 17.7. The zero-order valence-electron chi connectivity index (χ0n) is 39.6. The van der Waals surface area contributed by atoms with E-state index in [9.17, 15) is 0 Å². The molecule has 0 bridgehead atoms. The fourth-order valence-electron chi connectivity index (χ4n) is 9.10. The Morgan fingerprint density at radius 1 is 0.167 bits per heavy atom. The van der Waals surface area contributed by atoms with E-state index in [1.54, 1.807) is 0 Å². The van der Waals surface area contributed by atoms with Crippen LogP contribution in [0.3, 0.4) is 0 Å². The van der Waals surface area contributed by atoms with Crippen molar-refractivity contribution in [1.82, 2.24) is 0 Å². The van der Waals surface area contributed by atoms with Crippen LogP contribution in [-0.2, 0) is 0 Å². The van der Waals surface area contributed by atoms with Crippen molar-refractivity contribution in [3.63, 3.8) is 0 Å². The molecule has 0 unspecified atom stereocenters. The normalized spacial score (nSPS) is 11.6. The first-order valence-corrected chi connectivity index (χ1v) is 29.2. The van der Waals surface area contributed by atoms with Crippen LogP contribution >= 0.6 is 0 Å². The molecule has 9 aromatic rings. The molecular weight excluding hydrogens is 857 g/mol. The summed E-state index contributed by atoms with van der Waals surface area (Å²) in [5, 5.41) is 17.4. The van der Waals surface area contributed by atoms with E-state index in [1.165, 1.54) is 107 Å². The number of hydrogen-bond donors (Lipinski definition) is 0. The number of rotatable bonds is 12.